The molecule has 0 spiro atoms. The second-order valence-electron chi connectivity index (χ2n) is 5.93. The van der Waals surface area contributed by atoms with E-state index in [1.165, 1.54) is 6.07 Å². The standard InChI is InChI=1S/C19H20ClFN2O2.ClH/c1-2-9-25-17-6-4-13(20)10-15(17)19(24)23-16-5-3-12-11-22-8-7-14(12)18(16)21;/h3-6,10,22H,2,7-9,11H2,1H3,(H,23,24);1H. The summed E-state index contributed by atoms with van der Waals surface area (Å²) < 4.78 is 20.3. The van der Waals surface area contributed by atoms with Gasteiger partial charge in [-0.2, -0.15) is 0 Å². The Morgan fingerprint density at radius 1 is 1.35 bits per heavy atom. The number of benzene rings is 2. The zero-order chi connectivity index (χ0) is 17.8. The zero-order valence-corrected chi connectivity index (χ0v) is 16.0. The second kappa shape index (κ2) is 9.21. The normalized spacial score (nSPS) is 12.7. The third-order valence-corrected chi connectivity index (χ3v) is 4.34. The van der Waals surface area contributed by atoms with Crippen LogP contribution < -0.4 is 15.4 Å². The molecular weight excluding hydrogens is 378 g/mol. The number of rotatable bonds is 5. The van der Waals surface area contributed by atoms with Gasteiger partial charge in [-0.15, -0.1) is 12.4 Å². The summed E-state index contributed by atoms with van der Waals surface area (Å²) in [5.74, 6) is -0.377. The van der Waals surface area contributed by atoms with Crippen molar-refractivity contribution >= 4 is 35.6 Å². The summed E-state index contributed by atoms with van der Waals surface area (Å²) in [7, 11) is 0. The molecular formula is C19H21Cl2FN2O2. The predicted octanol–water partition coefficient (Wildman–Crippen LogP) is 4.59. The molecule has 2 N–H and O–H groups in total. The quantitative estimate of drug-likeness (QED) is 0.774. The van der Waals surface area contributed by atoms with Gasteiger partial charge in [-0.3, -0.25) is 4.79 Å². The van der Waals surface area contributed by atoms with E-state index >= 15 is 0 Å². The Hall–Kier alpha value is -1.82. The van der Waals surface area contributed by atoms with Gasteiger partial charge in [0, 0.05) is 11.6 Å². The minimum absolute atomic E-state index is 0. The summed E-state index contributed by atoms with van der Waals surface area (Å²) in [4.78, 5) is 12.6. The first-order valence-corrected chi connectivity index (χ1v) is 8.72. The largest absolute Gasteiger partial charge is 0.493 e. The lowest BCUT2D eigenvalue weighted by atomic mass is 9.99. The Labute approximate surface area is 163 Å². The van der Waals surface area contributed by atoms with E-state index in [4.69, 9.17) is 16.3 Å². The van der Waals surface area contributed by atoms with Gasteiger partial charge in [-0.25, -0.2) is 4.39 Å². The molecule has 2 aromatic rings. The average molecular weight is 399 g/mol. The molecule has 0 saturated carbocycles. The maximum atomic E-state index is 14.7. The molecule has 0 bridgehead atoms. The average Bonchev–Trinajstić information content (AvgIpc) is 2.63. The summed E-state index contributed by atoms with van der Waals surface area (Å²) in [5, 5.41) is 6.27. The monoisotopic (exact) mass is 398 g/mol. The van der Waals surface area contributed by atoms with E-state index in [1.54, 1.807) is 18.2 Å². The Morgan fingerprint density at radius 2 is 2.15 bits per heavy atom. The maximum absolute atomic E-state index is 14.7. The zero-order valence-electron chi connectivity index (χ0n) is 14.4. The SMILES string of the molecule is CCCOc1ccc(Cl)cc1C(=O)Nc1ccc2c(c1F)CCNC2.Cl. The van der Waals surface area contributed by atoms with Gasteiger partial charge in [0.2, 0.25) is 0 Å². The molecule has 2 aromatic carbocycles. The number of carbonyl (C=O) groups excluding carboxylic acids is 1. The first-order valence-electron chi connectivity index (χ1n) is 8.34. The third kappa shape index (κ3) is 4.47. The van der Waals surface area contributed by atoms with E-state index in [0.717, 1.165) is 18.5 Å². The van der Waals surface area contributed by atoms with Crippen molar-refractivity contribution in [3.8, 4) is 5.75 Å². The highest BCUT2D eigenvalue weighted by molar-refractivity contribution is 6.31. The second-order valence-corrected chi connectivity index (χ2v) is 6.37. The van der Waals surface area contributed by atoms with Crippen molar-refractivity contribution in [3.05, 3.63) is 57.9 Å². The molecule has 0 fully saturated rings. The topological polar surface area (TPSA) is 50.4 Å². The van der Waals surface area contributed by atoms with Gasteiger partial charge in [0.25, 0.3) is 5.91 Å². The first kappa shape index (κ1) is 20.5. The van der Waals surface area contributed by atoms with E-state index < -0.39 is 5.91 Å². The minimum Gasteiger partial charge on any atom is -0.493 e. The molecule has 0 unspecified atom stereocenters. The van der Waals surface area contributed by atoms with Crippen LogP contribution >= 0.6 is 24.0 Å². The Kier molecular flexibility index (Phi) is 7.26. The molecule has 4 nitrogen and oxygen atoms in total. The highest BCUT2D eigenvalue weighted by Crippen LogP contribution is 2.27. The molecule has 1 amide bonds. The summed E-state index contributed by atoms with van der Waals surface area (Å²) in [6.45, 7) is 3.84. The van der Waals surface area contributed by atoms with Crippen LogP contribution in [0.25, 0.3) is 0 Å². The van der Waals surface area contributed by atoms with Crippen molar-refractivity contribution in [2.45, 2.75) is 26.3 Å². The fourth-order valence-electron chi connectivity index (χ4n) is 2.84. The molecule has 0 aliphatic carbocycles. The molecule has 1 aliphatic heterocycles. The molecule has 0 saturated heterocycles. The number of hydrogen-bond donors (Lipinski definition) is 2. The molecule has 0 aromatic heterocycles. The van der Waals surface area contributed by atoms with Gasteiger partial charge >= 0.3 is 0 Å². The van der Waals surface area contributed by atoms with Crippen LogP contribution in [0.5, 0.6) is 5.75 Å². The van der Waals surface area contributed by atoms with Gasteiger partial charge in [0.1, 0.15) is 11.6 Å². The number of ether oxygens (including phenoxy) is 1. The predicted molar refractivity (Wildman–Crippen MR) is 104 cm³/mol. The van der Waals surface area contributed by atoms with E-state index in [9.17, 15) is 9.18 Å². The van der Waals surface area contributed by atoms with Crippen molar-refractivity contribution in [1.29, 1.82) is 0 Å². The number of anilines is 1. The Balaban J connectivity index is 0.00000243. The van der Waals surface area contributed by atoms with Crippen molar-refractivity contribution in [1.82, 2.24) is 5.32 Å². The summed E-state index contributed by atoms with van der Waals surface area (Å²) in [5.41, 5.74) is 2.05. The van der Waals surface area contributed by atoms with Crippen LogP contribution in [0.1, 0.15) is 34.8 Å². The van der Waals surface area contributed by atoms with Crippen molar-refractivity contribution in [3.63, 3.8) is 0 Å². The number of nitrogens with one attached hydrogen (secondary N) is 2. The van der Waals surface area contributed by atoms with Crippen molar-refractivity contribution in [2.24, 2.45) is 0 Å². The lowest BCUT2D eigenvalue weighted by Gasteiger charge is -2.19. The number of halogens is 3. The van der Waals surface area contributed by atoms with E-state index in [1.807, 2.05) is 13.0 Å². The van der Waals surface area contributed by atoms with E-state index in [-0.39, 0.29) is 23.9 Å². The van der Waals surface area contributed by atoms with Crippen LogP contribution in [-0.2, 0) is 13.0 Å². The fraction of sp³-hybridized carbons (Fsp3) is 0.316. The molecule has 0 atom stereocenters. The van der Waals surface area contributed by atoms with Crippen molar-refractivity contribution in [2.75, 3.05) is 18.5 Å². The van der Waals surface area contributed by atoms with Crippen LogP contribution in [0.2, 0.25) is 5.02 Å². The summed E-state index contributed by atoms with van der Waals surface area (Å²) >= 11 is 6.01. The van der Waals surface area contributed by atoms with Gasteiger partial charge in [-0.1, -0.05) is 24.6 Å². The summed E-state index contributed by atoms with van der Waals surface area (Å²) in [6.07, 6.45) is 1.42. The molecule has 140 valence electrons. The van der Waals surface area contributed by atoms with Crippen LogP contribution in [0, 0.1) is 5.82 Å². The molecule has 26 heavy (non-hydrogen) atoms. The van der Waals surface area contributed by atoms with Crippen LogP contribution in [-0.4, -0.2) is 19.1 Å². The van der Waals surface area contributed by atoms with Crippen LogP contribution in [0.4, 0.5) is 10.1 Å². The number of carbonyl (C=O) groups is 1. The number of fused-ring (bicyclic) bond motifs is 1. The van der Waals surface area contributed by atoms with Gasteiger partial charge < -0.3 is 15.4 Å². The highest BCUT2D eigenvalue weighted by Gasteiger charge is 2.19. The molecule has 0 radical (unpaired) electrons. The van der Waals surface area contributed by atoms with Crippen LogP contribution in [0.15, 0.2) is 30.3 Å². The minimum atomic E-state index is -0.443. The van der Waals surface area contributed by atoms with Gasteiger partial charge in [0.15, 0.2) is 0 Å². The molecule has 1 aliphatic rings. The number of hydrogen-bond acceptors (Lipinski definition) is 3. The smallest absolute Gasteiger partial charge is 0.259 e. The van der Waals surface area contributed by atoms with Gasteiger partial charge in [0.05, 0.1) is 17.9 Å². The highest BCUT2D eigenvalue weighted by atomic mass is 35.5. The lowest BCUT2D eigenvalue weighted by Crippen LogP contribution is -2.25. The molecule has 1 heterocycles. The summed E-state index contributed by atoms with van der Waals surface area (Å²) in [6, 6.07) is 8.28. The van der Waals surface area contributed by atoms with Crippen molar-refractivity contribution < 1.29 is 13.9 Å². The molecule has 7 heteroatoms. The van der Waals surface area contributed by atoms with Gasteiger partial charge in [-0.05, 0) is 54.8 Å². The third-order valence-electron chi connectivity index (χ3n) is 4.10. The van der Waals surface area contributed by atoms with E-state index in [0.29, 0.717) is 41.5 Å². The van der Waals surface area contributed by atoms with Crippen LogP contribution in [0.3, 0.4) is 0 Å². The molecule has 3 rings (SSSR count). The van der Waals surface area contributed by atoms with E-state index in [2.05, 4.69) is 10.6 Å². The Bertz CT molecular complexity index is 799. The maximum Gasteiger partial charge on any atom is 0.259 e. The Morgan fingerprint density at radius 3 is 2.92 bits per heavy atom. The lowest BCUT2D eigenvalue weighted by molar-refractivity contribution is 0.102. The fourth-order valence-corrected chi connectivity index (χ4v) is 3.01. The first-order chi connectivity index (χ1) is 12.1. The number of amides is 1.